The number of nitrogens with zero attached hydrogens (tertiary/aromatic N) is 3. The quantitative estimate of drug-likeness (QED) is 0.535. The van der Waals surface area contributed by atoms with Gasteiger partial charge in [-0.2, -0.15) is 18.3 Å². The number of allylic oxidation sites excluding steroid dienone is 2. The molecule has 1 aromatic rings. The Morgan fingerprint density at radius 3 is 2.79 bits per heavy atom. The zero-order valence-electron chi connectivity index (χ0n) is 14.5. The van der Waals surface area contributed by atoms with E-state index in [1.54, 1.807) is 11.4 Å². The van der Waals surface area contributed by atoms with Crippen molar-refractivity contribution in [2.75, 3.05) is 6.61 Å². The minimum Gasteiger partial charge on any atom is -0.448 e. The first-order chi connectivity index (χ1) is 13.0. The fourth-order valence-corrected chi connectivity index (χ4v) is 2.54. The third-order valence-electron chi connectivity index (χ3n) is 3.86. The number of rotatable bonds is 6. The van der Waals surface area contributed by atoms with Gasteiger partial charge in [0.2, 0.25) is 0 Å². The summed E-state index contributed by atoms with van der Waals surface area (Å²) in [5.74, 6) is -0.594. The van der Waals surface area contributed by atoms with Crippen LogP contribution in [0.1, 0.15) is 25.6 Å². The van der Waals surface area contributed by atoms with Crippen LogP contribution in [-0.4, -0.2) is 51.1 Å². The summed E-state index contributed by atoms with van der Waals surface area (Å²) in [5.41, 5.74) is 6.50. The number of hydrogen-bond donors (Lipinski definition) is 2. The van der Waals surface area contributed by atoms with Crippen LogP contribution in [0.3, 0.4) is 0 Å². The van der Waals surface area contributed by atoms with Crippen molar-refractivity contribution in [2.45, 2.75) is 43.4 Å². The van der Waals surface area contributed by atoms with Gasteiger partial charge in [-0.15, -0.1) is 11.6 Å². The van der Waals surface area contributed by atoms with Gasteiger partial charge in [0.25, 0.3) is 6.43 Å². The number of ether oxygens (including phenoxy) is 1. The Morgan fingerprint density at radius 2 is 2.18 bits per heavy atom. The van der Waals surface area contributed by atoms with Crippen LogP contribution in [0.25, 0.3) is 5.70 Å². The number of nitrogens with two attached hydrogens (primary N) is 1. The molecule has 3 atom stereocenters. The molecule has 28 heavy (non-hydrogen) atoms. The monoisotopic (exact) mass is 429 g/mol. The van der Waals surface area contributed by atoms with Gasteiger partial charge in [0.05, 0.1) is 17.1 Å². The normalized spacial score (nSPS) is 19.7. The Labute approximate surface area is 161 Å². The Morgan fingerprint density at radius 1 is 1.50 bits per heavy atom. The molecular weight excluding hydrogens is 413 g/mol. The summed E-state index contributed by atoms with van der Waals surface area (Å²) in [4.78, 5) is 14.9. The number of carbonyl (C=O) groups is 1. The number of alkyl carbamates (subject to hydrolysis) is 1. The summed E-state index contributed by atoms with van der Waals surface area (Å²) in [5, 5.41) is 4.70. The highest BCUT2D eigenvalue weighted by molar-refractivity contribution is 6.25. The molecule has 0 spiro atoms. The van der Waals surface area contributed by atoms with E-state index in [0.29, 0.717) is 5.57 Å². The second-order valence-electron chi connectivity index (χ2n) is 5.92. The van der Waals surface area contributed by atoms with Crippen molar-refractivity contribution >= 4 is 23.4 Å². The van der Waals surface area contributed by atoms with Crippen molar-refractivity contribution < 1.29 is 31.5 Å². The second-order valence-corrected chi connectivity index (χ2v) is 6.45. The van der Waals surface area contributed by atoms with Gasteiger partial charge >= 0.3 is 12.3 Å². The Balaban J connectivity index is 2.03. The fourth-order valence-electron chi connectivity index (χ4n) is 2.29. The molecule has 1 aliphatic carbocycles. The van der Waals surface area contributed by atoms with Crippen molar-refractivity contribution in [1.29, 1.82) is 0 Å². The molecule has 1 heterocycles. The number of nitrogens with one attached hydrogen (secondary N) is 1. The molecular formula is C15H17ClF5N5O2. The summed E-state index contributed by atoms with van der Waals surface area (Å²) in [6.07, 6.45) is -4.56. The Bertz CT molecular complexity index is 764. The summed E-state index contributed by atoms with van der Waals surface area (Å²) in [6.45, 7) is 0.331. The van der Waals surface area contributed by atoms with Crippen molar-refractivity contribution in [3.8, 4) is 0 Å². The van der Waals surface area contributed by atoms with Crippen LogP contribution in [0.15, 0.2) is 24.1 Å². The lowest BCUT2D eigenvalue weighted by molar-refractivity contribution is -0.150. The lowest BCUT2D eigenvalue weighted by Crippen LogP contribution is -2.44. The number of alkyl halides is 6. The van der Waals surface area contributed by atoms with Gasteiger partial charge in [-0.05, 0) is 25.0 Å². The van der Waals surface area contributed by atoms with Gasteiger partial charge in [0.15, 0.2) is 5.82 Å². The van der Waals surface area contributed by atoms with Crippen LogP contribution in [0.4, 0.5) is 26.7 Å². The summed E-state index contributed by atoms with van der Waals surface area (Å²) in [7, 11) is 0. The molecule has 0 aromatic carbocycles. The van der Waals surface area contributed by atoms with Crippen molar-refractivity contribution in [3.63, 3.8) is 0 Å². The van der Waals surface area contributed by atoms with Crippen molar-refractivity contribution in [1.82, 2.24) is 20.1 Å². The summed E-state index contributed by atoms with van der Waals surface area (Å²) >= 11 is 6.16. The van der Waals surface area contributed by atoms with Gasteiger partial charge in [0, 0.05) is 0 Å². The van der Waals surface area contributed by atoms with E-state index in [9.17, 15) is 26.7 Å². The highest BCUT2D eigenvalue weighted by Gasteiger charge is 2.37. The fraction of sp³-hybridized carbons (Fsp3) is 0.533. The van der Waals surface area contributed by atoms with Gasteiger partial charge in [-0.25, -0.2) is 23.2 Å². The predicted octanol–water partition coefficient (Wildman–Crippen LogP) is 3.00. The molecule has 13 heteroatoms. The molecule has 7 nitrogen and oxygen atoms in total. The standard InChI is InChI=1S/C15H17ClF5N5O2/c1-7(15(19,20)21)25-14(27)28-5-10(22)8-2-3-9(16)11(4-8)26-13(12(17)18)23-6-24-26/h2,4,6-7,9-10,12H,3,5,22H2,1H3,(H,25,27)/t7-,9?,10?/m0/s1. The lowest BCUT2D eigenvalue weighted by atomic mass is 9.98. The first-order valence-electron chi connectivity index (χ1n) is 8.00. The minimum absolute atomic E-state index is 0.206. The Hall–Kier alpha value is -2.21. The number of hydrogen-bond acceptors (Lipinski definition) is 5. The maximum Gasteiger partial charge on any atom is 0.408 e. The molecule has 1 amide bonds. The third kappa shape index (κ3) is 5.41. The average molecular weight is 430 g/mol. The van der Waals surface area contributed by atoms with Gasteiger partial charge in [-0.3, -0.25) is 0 Å². The topological polar surface area (TPSA) is 95.1 Å². The van der Waals surface area contributed by atoms with E-state index in [1.807, 2.05) is 0 Å². The largest absolute Gasteiger partial charge is 0.448 e. The molecule has 2 rings (SSSR count). The van der Waals surface area contributed by atoms with E-state index in [1.165, 1.54) is 6.08 Å². The summed E-state index contributed by atoms with van der Waals surface area (Å²) < 4.78 is 68.9. The zero-order valence-corrected chi connectivity index (χ0v) is 15.2. The molecule has 2 unspecified atom stereocenters. The first-order valence-corrected chi connectivity index (χ1v) is 8.44. The van der Waals surface area contributed by atoms with Crippen LogP contribution in [-0.2, 0) is 4.74 Å². The van der Waals surface area contributed by atoms with Gasteiger partial charge in [-0.1, -0.05) is 6.08 Å². The van der Waals surface area contributed by atoms with Gasteiger partial charge < -0.3 is 15.8 Å². The average Bonchev–Trinajstić information content (AvgIpc) is 3.09. The number of halogens is 6. The number of amides is 1. The van der Waals surface area contributed by atoms with E-state index in [4.69, 9.17) is 22.1 Å². The molecule has 0 radical (unpaired) electrons. The van der Waals surface area contributed by atoms with E-state index in [-0.39, 0.29) is 12.1 Å². The Kier molecular flexibility index (Phi) is 6.99. The van der Waals surface area contributed by atoms with E-state index < -0.39 is 48.6 Å². The molecule has 1 aromatic heterocycles. The van der Waals surface area contributed by atoms with Crippen molar-refractivity contribution in [2.24, 2.45) is 5.73 Å². The van der Waals surface area contributed by atoms with Crippen molar-refractivity contribution in [3.05, 3.63) is 29.9 Å². The molecule has 0 saturated heterocycles. The first kappa shape index (κ1) is 22.1. The molecule has 0 fully saturated rings. The predicted molar refractivity (Wildman–Crippen MR) is 89.6 cm³/mol. The van der Waals surface area contributed by atoms with E-state index in [2.05, 4.69) is 10.1 Å². The van der Waals surface area contributed by atoms with Crippen LogP contribution in [0.5, 0.6) is 0 Å². The van der Waals surface area contributed by atoms with E-state index in [0.717, 1.165) is 17.9 Å². The van der Waals surface area contributed by atoms with Crippen LogP contribution in [0, 0.1) is 0 Å². The third-order valence-corrected chi connectivity index (χ3v) is 4.26. The molecule has 0 aliphatic heterocycles. The van der Waals surface area contributed by atoms with Gasteiger partial charge in [0.1, 0.15) is 19.0 Å². The lowest BCUT2D eigenvalue weighted by Gasteiger charge is -2.23. The zero-order chi connectivity index (χ0) is 21.1. The SMILES string of the molecule is C[C@H](NC(=O)OCC(N)C1=CCC(Cl)C(n2ncnc2C(F)F)=C1)C(F)(F)F. The van der Waals surface area contributed by atoms with Crippen LogP contribution >= 0.6 is 11.6 Å². The summed E-state index contributed by atoms with van der Waals surface area (Å²) in [6, 6.07) is -3.00. The second kappa shape index (κ2) is 8.86. The molecule has 3 N–H and O–H groups in total. The van der Waals surface area contributed by atoms with E-state index >= 15 is 0 Å². The molecule has 0 saturated carbocycles. The minimum atomic E-state index is -4.61. The maximum atomic E-state index is 13.0. The molecule has 1 aliphatic rings. The molecule has 0 bridgehead atoms. The highest BCUT2D eigenvalue weighted by Crippen LogP contribution is 2.30. The van der Waals surface area contributed by atoms with Crippen LogP contribution in [0.2, 0.25) is 0 Å². The number of carbonyl (C=O) groups excluding carboxylic acids is 1. The maximum absolute atomic E-state index is 13.0. The highest BCUT2D eigenvalue weighted by atomic mass is 35.5. The number of aromatic nitrogens is 3. The smallest absolute Gasteiger partial charge is 0.408 e. The van der Waals surface area contributed by atoms with Crippen LogP contribution < -0.4 is 11.1 Å². The molecule has 156 valence electrons.